The molecular weight excluding hydrogens is 199 g/mol. The molecule has 0 aliphatic carbocycles. The van der Waals surface area contributed by atoms with Gasteiger partial charge in [0.25, 0.3) is 0 Å². The van der Waals surface area contributed by atoms with Gasteiger partial charge in [0, 0.05) is 5.41 Å². The van der Waals surface area contributed by atoms with E-state index in [1.165, 1.54) is 10.9 Å². The third-order valence-corrected chi connectivity index (χ3v) is 4.37. The van der Waals surface area contributed by atoms with E-state index in [2.05, 4.69) is 40.3 Å². The smallest absolute Gasteiger partial charge is 0.353 e. The van der Waals surface area contributed by atoms with E-state index in [9.17, 15) is 0 Å². The van der Waals surface area contributed by atoms with Crippen molar-refractivity contribution in [2.45, 2.75) is 39.7 Å². The van der Waals surface area contributed by atoms with Crippen LogP contribution in [0.4, 0.5) is 0 Å². The highest BCUT2D eigenvalue weighted by Crippen LogP contribution is 2.49. The predicted octanol–water partition coefficient (Wildman–Crippen LogP) is 2.79. The number of rotatable bonds is 1. The van der Waals surface area contributed by atoms with E-state index in [1.54, 1.807) is 0 Å². The highest BCUT2D eigenvalue weighted by Gasteiger charge is 2.53. The highest BCUT2D eigenvalue weighted by atomic mass is 16.5. The molecule has 0 radical (unpaired) electrons. The van der Waals surface area contributed by atoms with Crippen molar-refractivity contribution in [3.63, 3.8) is 0 Å². The maximum absolute atomic E-state index is 6.19. The van der Waals surface area contributed by atoms with Gasteiger partial charge >= 0.3 is 6.92 Å². The Bertz CT molecular complexity index is 342. The second kappa shape index (κ2) is 3.74. The lowest BCUT2D eigenvalue weighted by molar-refractivity contribution is 0.0442. The van der Waals surface area contributed by atoms with Crippen LogP contribution in [0.2, 0.25) is 0 Å². The van der Waals surface area contributed by atoms with Crippen LogP contribution in [0.15, 0.2) is 23.6 Å². The zero-order valence-electron chi connectivity index (χ0n) is 10.8. The van der Waals surface area contributed by atoms with Gasteiger partial charge in [-0.25, -0.2) is 0 Å². The Morgan fingerprint density at radius 1 is 1.31 bits per heavy atom. The van der Waals surface area contributed by atoms with Gasteiger partial charge in [0.05, 0.1) is 18.8 Å². The van der Waals surface area contributed by atoms with E-state index in [0.29, 0.717) is 6.61 Å². The van der Waals surface area contributed by atoms with E-state index < -0.39 is 0 Å². The third-order valence-electron chi connectivity index (χ3n) is 4.37. The molecule has 0 N–H and O–H groups in total. The van der Waals surface area contributed by atoms with Gasteiger partial charge in [0.15, 0.2) is 0 Å². The molecule has 0 spiro atoms. The average Bonchev–Trinajstić information content (AvgIpc) is 2.40. The third kappa shape index (κ3) is 1.66. The molecule has 1 fully saturated rings. The standard InChI is InChI=1S/C13H21BO2/c1-10-12(2,3)13(4,5)16-14(10)11-6-8-15-9-7-11/h6H,1,7-9H2,2-5H3. The summed E-state index contributed by atoms with van der Waals surface area (Å²) in [5, 5.41) is 0. The van der Waals surface area contributed by atoms with Crippen molar-refractivity contribution in [1.82, 2.24) is 0 Å². The first-order chi connectivity index (χ1) is 7.36. The van der Waals surface area contributed by atoms with Crippen molar-refractivity contribution in [3.8, 4) is 0 Å². The molecule has 2 heterocycles. The van der Waals surface area contributed by atoms with Crippen LogP contribution in [-0.2, 0) is 9.39 Å². The minimum atomic E-state index is -0.145. The summed E-state index contributed by atoms with van der Waals surface area (Å²) in [7, 11) is 0. The van der Waals surface area contributed by atoms with E-state index in [-0.39, 0.29) is 17.9 Å². The van der Waals surface area contributed by atoms with Crippen LogP contribution in [-0.4, -0.2) is 25.7 Å². The summed E-state index contributed by atoms with van der Waals surface area (Å²) >= 11 is 0. The van der Waals surface area contributed by atoms with E-state index in [1.807, 2.05) is 0 Å². The molecular formula is C13H21BO2. The quantitative estimate of drug-likeness (QED) is 0.632. The van der Waals surface area contributed by atoms with Gasteiger partial charge in [-0.1, -0.05) is 30.9 Å². The Morgan fingerprint density at radius 3 is 2.44 bits per heavy atom. The number of ether oxygens (including phenoxy) is 1. The molecule has 2 rings (SSSR count). The summed E-state index contributed by atoms with van der Waals surface area (Å²) < 4.78 is 11.5. The van der Waals surface area contributed by atoms with Crippen LogP contribution in [0.5, 0.6) is 0 Å². The lowest BCUT2D eigenvalue weighted by Crippen LogP contribution is -2.35. The Morgan fingerprint density at radius 2 is 2.00 bits per heavy atom. The SMILES string of the molecule is C=C1B(C2=CCOCC2)OC(C)(C)C1(C)C. The minimum Gasteiger partial charge on any atom is -0.421 e. The minimum absolute atomic E-state index is 0.0246. The van der Waals surface area contributed by atoms with Crippen LogP contribution in [0.25, 0.3) is 0 Å². The lowest BCUT2D eigenvalue weighted by Gasteiger charge is -2.34. The Hall–Kier alpha value is -0.535. The molecule has 0 atom stereocenters. The highest BCUT2D eigenvalue weighted by molar-refractivity contribution is 6.69. The van der Waals surface area contributed by atoms with Gasteiger partial charge in [-0.15, -0.1) is 6.58 Å². The van der Waals surface area contributed by atoms with Crippen molar-refractivity contribution in [1.29, 1.82) is 0 Å². The Kier molecular flexibility index (Phi) is 2.79. The topological polar surface area (TPSA) is 18.5 Å². The van der Waals surface area contributed by atoms with E-state index in [0.717, 1.165) is 13.0 Å². The Labute approximate surface area is 98.8 Å². The van der Waals surface area contributed by atoms with Crippen LogP contribution in [0.3, 0.4) is 0 Å². The first-order valence-corrected chi connectivity index (χ1v) is 6.00. The molecule has 1 saturated heterocycles. The number of hydrogen-bond acceptors (Lipinski definition) is 2. The molecule has 88 valence electrons. The van der Waals surface area contributed by atoms with Gasteiger partial charge in [0.2, 0.25) is 0 Å². The molecule has 2 aliphatic rings. The molecule has 2 aliphatic heterocycles. The normalized spacial score (nSPS) is 28.1. The largest absolute Gasteiger partial charge is 0.421 e. The van der Waals surface area contributed by atoms with Crippen LogP contribution >= 0.6 is 0 Å². The van der Waals surface area contributed by atoms with Crippen molar-refractivity contribution in [2.24, 2.45) is 5.41 Å². The zero-order chi connectivity index (χ0) is 12.0. The van der Waals surface area contributed by atoms with Gasteiger partial charge in [-0.05, 0) is 20.3 Å². The van der Waals surface area contributed by atoms with Crippen molar-refractivity contribution in [2.75, 3.05) is 13.2 Å². The summed E-state index contributed by atoms with van der Waals surface area (Å²) in [6.07, 6.45) is 3.12. The summed E-state index contributed by atoms with van der Waals surface area (Å²) in [5.74, 6) is 0. The summed E-state index contributed by atoms with van der Waals surface area (Å²) in [4.78, 5) is 0. The fraction of sp³-hybridized carbons (Fsp3) is 0.692. The Balaban J connectivity index is 2.26. The van der Waals surface area contributed by atoms with Crippen LogP contribution < -0.4 is 0 Å². The van der Waals surface area contributed by atoms with E-state index >= 15 is 0 Å². The monoisotopic (exact) mass is 220 g/mol. The van der Waals surface area contributed by atoms with Gasteiger partial charge in [0.1, 0.15) is 0 Å². The lowest BCUT2D eigenvalue weighted by atomic mass is 9.49. The van der Waals surface area contributed by atoms with Crippen molar-refractivity contribution < 1.29 is 9.39 Å². The zero-order valence-corrected chi connectivity index (χ0v) is 10.8. The first kappa shape index (κ1) is 11.9. The number of hydrogen-bond donors (Lipinski definition) is 0. The van der Waals surface area contributed by atoms with Gasteiger partial charge in [-0.2, -0.15) is 0 Å². The van der Waals surface area contributed by atoms with Crippen molar-refractivity contribution in [3.05, 3.63) is 23.6 Å². The summed E-state index contributed by atoms with van der Waals surface area (Å²) in [5.41, 5.74) is 2.42. The molecule has 3 heteroatoms. The van der Waals surface area contributed by atoms with Gasteiger partial charge in [-0.3, -0.25) is 0 Å². The molecule has 2 nitrogen and oxygen atoms in total. The maximum Gasteiger partial charge on any atom is 0.353 e. The van der Waals surface area contributed by atoms with Crippen LogP contribution in [0, 0.1) is 5.41 Å². The van der Waals surface area contributed by atoms with E-state index in [4.69, 9.17) is 9.39 Å². The maximum atomic E-state index is 6.19. The fourth-order valence-electron chi connectivity index (χ4n) is 2.31. The molecule has 0 amide bonds. The average molecular weight is 220 g/mol. The summed E-state index contributed by atoms with van der Waals surface area (Å²) in [6.45, 7) is 14.6. The van der Waals surface area contributed by atoms with Gasteiger partial charge < -0.3 is 9.39 Å². The molecule has 0 aromatic carbocycles. The van der Waals surface area contributed by atoms with Crippen LogP contribution in [0.1, 0.15) is 34.1 Å². The predicted molar refractivity (Wildman–Crippen MR) is 67.4 cm³/mol. The summed E-state index contributed by atoms with van der Waals surface area (Å²) in [6, 6.07) is 0. The van der Waals surface area contributed by atoms with Crippen molar-refractivity contribution >= 4 is 6.92 Å². The fourth-order valence-corrected chi connectivity index (χ4v) is 2.31. The second-order valence-corrected chi connectivity index (χ2v) is 5.76. The molecule has 0 bridgehead atoms. The first-order valence-electron chi connectivity index (χ1n) is 6.00. The second-order valence-electron chi connectivity index (χ2n) is 5.76. The molecule has 0 unspecified atom stereocenters. The molecule has 16 heavy (non-hydrogen) atoms. The molecule has 0 aromatic heterocycles. The molecule has 0 aromatic rings. The molecule has 0 saturated carbocycles.